The van der Waals surface area contributed by atoms with E-state index >= 15 is 0 Å². The van der Waals surface area contributed by atoms with E-state index in [1.165, 1.54) is 5.01 Å². The lowest BCUT2D eigenvalue weighted by atomic mass is 10.0. The van der Waals surface area contributed by atoms with Crippen molar-refractivity contribution in [1.29, 1.82) is 0 Å². The highest BCUT2D eigenvalue weighted by Gasteiger charge is 2.28. The minimum atomic E-state index is 0.124. The van der Waals surface area contributed by atoms with Gasteiger partial charge in [0, 0.05) is 23.8 Å². The summed E-state index contributed by atoms with van der Waals surface area (Å²) in [5, 5.41) is 3.36. The van der Waals surface area contributed by atoms with Crippen molar-refractivity contribution in [2.45, 2.75) is 32.2 Å². The Balaban J connectivity index is 2.06. The second kappa shape index (κ2) is 4.60. The van der Waals surface area contributed by atoms with E-state index in [2.05, 4.69) is 24.2 Å². The molecule has 15 heavy (non-hydrogen) atoms. The highest BCUT2D eigenvalue weighted by atomic mass is 32.1. The molecule has 1 saturated heterocycles. The molecular formula is C11H18N2OS. The first-order valence-electron chi connectivity index (χ1n) is 5.44. The molecule has 84 valence electrons. The predicted octanol–water partition coefficient (Wildman–Crippen LogP) is 1.78. The van der Waals surface area contributed by atoms with Crippen LogP contribution >= 0.6 is 11.3 Å². The summed E-state index contributed by atoms with van der Waals surface area (Å²) in [5.74, 6) is 0.972. The first-order chi connectivity index (χ1) is 7.16. The first-order valence-corrected chi connectivity index (χ1v) is 6.32. The largest absolute Gasteiger partial charge is 0.379 e. The molecule has 4 heteroatoms. The highest BCUT2D eigenvalue weighted by molar-refractivity contribution is 7.09. The van der Waals surface area contributed by atoms with Crippen LogP contribution in [0.4, 0.5) is 0 Å². The molecule has 0 amide bonds. The lowest BCUT2D eigenvalue weighted by molar-refractivity contribution is 0.190. The van der Waals surface area contributed by atoms with Crippen molar-refractivity contribution >= 4 is 11.3 Å². The van der Waals surface area contributed by atoms with Crippen LogP contribution in [-0.2, 0) is 11.2 Å². The van der Waals surface area contributed by atoms with E-state index in [4.69, 9.17) is 10.5 Å². The maximum absolute atomic E-state index is 5.96. The van der Waals surface area contributed by atoms with Crippen molar-refractivity contribution in [2.24, 2.45) is 11.7 Å². The summed E-state index contributed by atoms with van der Waals surface area (Å²) in [6.07, 6.45) is 1.06. The number of ether oxygens (including phenoxy) is 1. The van der Waals surface area contributed by atoms with Gasteiger partial charge in [-0.15, -0.1) is 11.3 Å². The molecule has 3 nitrogen and oxygen atoms in total. The molecule has 1 aromatic heterocycles. The number of nitrogens with zero attached hydrogens (tertiary/aromatic N) is 1. The Kier molecular flexibility index (Phi) is 3.38. The Bertz CT molecular complexity index is 324. The molecule has 0 aromatic carbocycles. The molecule has 2 rings (SSSR count). The number of thiazole rings is 1. The van der Waals surface area contributed by atoms with Gasteiger partial charge in [0.25, 0.3) is 0 Å². The van der Waals surface area contributed by atoms with E-state index in [-0.39, 0.29) is 6.04 Å². The molecule has 1 fully saturated rings. The Morgan fingerprint density at radius 2 is 2.40 bits per heavy atom. The zero-order valence-electron chi connectivity index (χ0n) is 9.27. The normalized spacial score (nSPS) is 26.4. The third-order valence-electron chi connectivity index (χ3n) is 2.66. The van der Waals surface area contributed by atoms with Crippen LogP contribution in [0.3, 0.4) is 0 Å². The molecule has 0 aliphatic carbocycles. The minimum Gasteiger partial charge on any atom is -0.379 e. The zero-order chi connectivity index (χ0) is 10.8. The van der Waals surface area contributed by atoms with Gasteiger partial charge in [0.15, 0.2) is 0 Å². The molecule has 0 spiro atoms. The molecule has 2 N–H and O–H groups in total. The van der Waals surface area contributed by atoms with Crippen LogP contribution in [0.2, 0.25) is 0 Å². The molecular weight excluding hydrogens is 208 g/mol. The van der Waals surface area contributed by atoms with Crippen LogP contribution in [0, 0.1) is 5.92 Å². The van der Waals surface area contributed by atoms with Crippen molar-refractivity contribution in [2.75, 3.05) is 13.2 Å². The van der Waals surface area contributed by atoms with Gasteiger partial charge in [0.05, 0.1) is 23.9 Å². The lowest BCUT2D eigenvalue weighted by Crippen LogP contribution is -2.27. The maximum atomic E-state index is 5.96. The quantitative estimate of drug-likeness (QED) is 0.854. The van der Waals surface area contributed by atoms with Gasteiger partial charge in [-0.3, -0.25) is 0 Å². The van der Waals surface area contributed by atoms with Gasteiger partial charge < -0.3 is 10.5 Å². The van der Waals surface area contributed by atoms with E-state index < -0.39 is 0 Å². The van der Waals surface area contributed by atoms with Crippen molar-refractivity contribution in [3.8, 4) is 0 Å². The van der Waals surface area contributed by atoms with Gasteiger partial charge in [-0.2, -0.15) is 0 Å². The van der Waals surface area contributed by atoms with Crippen molar-refractivity contribution in [3.63, 3.8) is 0 Å². The summed E-state index contributed by atoms with van der Waals surface area (Å²) in [6.45, 7) is 5.82. The Hall–Kier alpha value is -0.450. The predicted molar refractivity (Wildman–Crippen MR) is 62.2 cm³/mol. The van der Waals surface area contributed by atoms with Crippen LogP contribution < -0.4 is 5.73 Å². The van der Waals surface area contributed by atoms with Crippen molar-refractivity contribution < 1.29 is 4.74 Å². The van der Waals surface area contributed by atoms with Gasteiger partial charge >= 0.3 is 0 Å². The highest BCUT2D eigenvalue weighted by Crippen LogP contribution is 2.26. The van der Waals surface area contributed by atoms with E-state index in [1.54, 1.807) is 11.3 Å². The van der Waals surface area contributed by atoms with Crippen LogP contribution in [0.25, 0.3) is 0 Å². The van der Waals surface area contributed by atoms with E-state index in [1.807, 2.05) is 0 Å². The summed E-state index contributed by atoms with van der Waals surface area (Å²) in [5.41, 5.74) is 7.09. The molecule has 2 unspecified atom stereocenters. The van der Waals surface area contributed by atoms with E-state index in [0.29, 0.717) is 18.4 Å². The maximum Gasteiger partial charge on any atom is 0.0930 e. The van der Waals surface area contributed by atoms with E-state index in [9.17, 15) is 0 Å². The second-order valence-electron chi connectivity index (χ2n) is 4.57. The molecule has 1 aliphatic heterocycles. The fourth-order valence-electron chi connectivity index (χ4n) is 1.81. The monoisotopic (exact) mass is 226 g/mol. The average Bonchev–Trinajstić information content (AvgIpc) is 2.72. The Morgan fingerprint density at radius 1 is 1.60 bits per heavy atom. The fraction of sp³-hybridized carbons (Fsp3) is 0.727. The Morgan fingerprint density at radius 3 is 3.00 bits per heavy atom. The number of rotatable bonds is 3. The van der Waals surface area contributed by atoms with Crippen molar-refractivity contribution in [3.05, 3.63) is 16.1 Å². The number of nitrogens with two attached hydrogens (primary N) is 1. The first kappa shape index (κ1) is 11.0. The lowest BCUT2D eigenvalue weighted by Gasteiger charge is -2.09. The summed E-state index contributed by atoms with van der Waals surface area (Å²) < 4.78 is 5.35. The van der Waals surface area contributed by atoms with E-state index in [0.717, 1.165) is 18.7 Å². The van der Waals surface area contributed by atoms with Gasteiger partial charge in [-0.05, 0) is 5.92 Å². The number of hydrogen-bond acceptors (Lipinski definition) is 4. The zero-order valence-corrected chi connectivity index (χ0v) is 10.1. The topological polar surface area (TPSA) is 48.1 Å². The van der Waals surface area contributed by atoms with Crippen LogP contribution in [0.5, 0.6) is 0 Å². The number of aromatic nitrogens is 1. The molecule has 1 aliphatic rings. The molecule has 0 radical (unpaired) electrons. The molecule has 0 saturated carbocycles. The number of hydrogen-bond donors (Lipinski definition) is 1. The SMILES string of the molecule is CC(C)Cc1nc(C2COCC2N)cs1. The van der Waals surface area contributed by atoms with Crippen LogP contribution in [0.1, 0.15) is 30.5 Å². The smallest absolute Gasteiger partial charge is 0.0930 e. The summed E-state index contributed by atoms with van der Waals surface area (Å²) in [6, 6.07) is 0.124. The van der Waals surface area contributed by atoms with Gasteiger partial charge in [0.2, 0.25) is 0 Å². The summed E-state index contributed by atoms with van der Waals surface area (Å²) in [4.78, 5) is 4.64. The van der Waals surface area contributed by atoms with Crippen molar-refractivity contribution in [1.82, 2.24) is 4.98 Å². The Labute approximate surface area is 94.7 Å². The van der Waals surface area contributed by atoms with Gasteiger partial charge in [-0.1, -0.05) is 13.8 Å². The second-order valence-corrected chi connectivity index (χ2v) is 5.51. The van der Waals surface area contributed by atoms with Crippen LogP contribution in [-0.4, -0.2) is 24.2 Å². The average molecular weight is 226 g/mol. The molecule has 2 atom stereocenters. The third-order valence-corrected chi connectivity index (χ3v) is 3.55. The summed E-state index contributed by atoms with van der Waals surface area (Å²) in [7, 11) is 0. The van der Waals surface area contributed by atoms with Gasteiger partial charge in [-0.25, -0.2) is 4.98 Å². The third kappa shape index (κ3) is 2.56. The molecule has 1 aromatic rings. The van der Waals surface area contributed by atoms with Gasteiger partial charge in [0.1, 0.15) is 0 Å². The van der Waals surface area contributed by atoms with Crippen LogP contribution in [0.15, 0.2) is 5.38 Å². The molecule has 0 bridgehead atoms. The fourth-order valence-corrected chi connectivity index (χ4v) is 2.89. The summed E-state index contributed by atoms with van der Waals surface area (Å²) >= 11 is 1.74. The molecule has 2 heterocycles. The minimum absolute atomic E-state index is 0.124. The standard InChI is InChI=1S/C11H18N2OS/c1-7(2)3-11-13-10(6-15-11)8-4-14-5-9(8)12/h6-9H,3-5,12H2,1-2H3.